The number of nitrogens with one attached hydrogen (secondary N) is 2. The monoisotopic (exact) mass is 356 g/mol. The van der Waals surface area contributed by atoms with Crippen LogP contribution in [0.25, 0.3) is 0 Å². The summed E-state index contributed by atoms with van der Waals surface area (Å²) in [5.41, 5.74) is -3.59. The second kappa shape index (κ2) is 7.64. The normalized spacial score (nSPS) is 11.2. The van der Waals surface area contributed by atoms with Crippen LogP contribution in [0.3, 0.4) is 0 Å². The maximum Gasteiger partial charge on any atom is 0.441 e. The largest absolute Gasteiger partial charge is 0.441 e. The molecule has 8 heteroatoms. The molecular weight excluding hydrogens is 345 g/mol. The van der Waals surface area contributed by atoms with Gasteiger partial charge in [-0.25, -0.2) is 4.79 Å². The number of halogens is 4. The van der Waals surface area contributed by atoms with Gasteiger partial charge < -0.3 is 10.6 Å². The highest BCUT2D eigenvalue weighted by atomic mass is 79.9. The lowest BCUT2D eigenvalue weighted by Gasteiger charge is -2.08. The molecule has 1 rings (SSSR count). The van der Waals surface area contributed by atoms with Crippen LogP contribution >= 0.6 is 27.7 Å². The average Bonchev–Trinajstić information content (AvgIpc) is 2.30. The van der Waals surface area contributed by atoms with Crippen molar-refractivity contribution in [2.24, 2.45) is 0 Å². The average molecular weight is 357 g/mol. The van der Waals surface area contributed by atoms with E-state index < -0.39 is 11.5 Å². The fourth-order valence-corrected chi connectivity index (χ4v) is 1.95. The first kappa shape index (κ1) is 16.2. The number of hydrogen-bond donors (Lipinski definition) is 2. The number of anilines is 1. The Morgan fingerprint density at radius 1 is 1.26 bits per heavy atom. The second-order valence-corrected chi connectivity index (χ2v) is 5.61. The van der Waals surface area contributed by atoms with Crippen LogP contribution in [-0.2, 0) is 0 Å². The summed E-state index contributed by atoms with van der Waals surface area (Å²) in [5, 5.41) is 5.07. The minimum Gasteiger partial charge on any atom is -0.338 e. The molecule has 1 aromatic rings. The van der Waals surface area contributed by atoms with Crippen molar-refractivity contribution in [3.8, 4) is 0 Å². The van der Waals surface area contributed by atoms with Gasteiger partial charge in [0.25, 0.3) is 0 Å². The summed E-state index contributed by atoms with van der Waals surface area (Å²) in [6.07, 6.45) is 0.262. The van der Waals surface area contributed by atoms with Crippen molar-refractivity contribution in [2.75, 3.05) is 17.6 Å². The third kappa shape index (κ3) is 7.99. The molecule has 0 radical (unpaired) electrons. The minimum absolute atomic E-state index is 0.0674. The highest BCUT2D eigenvalue weighted by Crippen LogP contribution is 2.30. The number of carbonyl (C=O) groups excluding carboxylic acids is 1. The number of rotatable bonds is 5. The first-order chi connectivity index (χ1) is 8.87. The number of thioether (sulfide) groups is 1. The van der Waals surface area contributed by atoms with Gasteiger partial charge in [-0.2, -0.15) is 13.2 Å². The number of amides is 2. The highest BCUT2D eigenvalue weighted by Gasteiger charge is 2.27. The zero-order valence-corrected chi connectivity index (χ0v) is 12.2. The van der Waals surface area contributed by atoms with Crippen molar-refractivity contribution in [1.29, 1.82) is 0 Å². The van der Waals surface area contributed by atoms with Gasteiger partial charge in [0, 0.05) is 22.5 Å². The van der Waals surface area contributed by atoms with Crippen LogP contribution in [0.4, 0.5) is 23.7 Å². The maximum absolute atomic E-state index is 11.8. The summed E-state index contributed by atoms with van der Waals surface area (Å²) in [6.45, 7) is 0.200. The lowest BCUT2D eigenvalue weighted by atomic mass is 10.3. The molecule has 1 aromatic carbocycles. The fourth-order valence-electron chi connectivity index (χ4n) is 1.17. The smallest absolute Gasteiger partial charge is 0.338 e. The Morgan fingerprint density at radius 3 is 2.47 bits per heavy atom. The molecule has 0 saturated carbocycles. The second-order valence-electron chi connectivity index (χ2n) is 3.54. The zero-order chi connectivity index (χ0) is 14.3. The van der Waals surface area contributed by atoms with Crippen LogP contribution in [0.5, 0.6) is 0 Å². The van der Waals surface area contributed by atoms with E-state index in [0.29, 0.717) is 5.69 Å². The van der Waals surface area contributed by atoms with Gasteiger partial charge in [0.15, 0.2) is 0 Å². The Balaban J connectivity index is 2.16. The molecule has 0 bridgehead atoms. The molecule has 2 N–H and O–H groups in total. The van der Waals surface area contributed by atoms with E-state index in [1.54, 1.807) is 24.3 Å². The van der Waals surface area contributed by atoms with Crippen molar-refractivity contribution in [2.45, 2.75) is 11.9 Å². The van der Waals surface area contributed by atoms with Crippen molar-refractivity contribution in [3.05, 3.63) is 28.7 Å². The van der Waals surface area contributed by atoms with E-state index in [1.807, 2.05) is 0 Å². The number of urea groups is 1. The summed E-state index contributed by atoms with van der Waals surface area (Å²) in [5.74, 6) is -0.0674. The molecule has 0 saturated heterocycles. The Hall–Kier alpha value is -0.890. The van der Waals surface area contributed by atoms with Gasteiger partial charge in [0.2, 0.25) is 0 Å². The van der Waals surface area contributed by atoms with Gasteiger partial charge >= 0.3 is 11.5 Å². The third-order valence-corrected chi connectivity index (χ3v) is 3.32. The van der Waals surface area contributed by atoms with Crippen LogP contribution in [0.15, 0.2) is 28.7 Å². The molecule has 0 spiro atoms. The molecule has 0 aliphatic heterocycles. The summed E-state index contributed by atoms with van der Waals surface area (Å²) in [6, 6.07) is 6.54. The molecule has 0 aromatic heterocycles. The number of alkyl halides is 3. The van der Waals surface area contributed by atoms with Crippen LogP contribution in [0.1, 0.15) is 6.42 Å². The summed E-state index contributed by atoms with van der Waals surface area (Å²) in [4.78, 5) is 11.4. The Kier molecular flexibility index (Phi) is 6.50. The molecular formula is C11H12BrF3N2OS. The highest BCUT2D eigenvalue weighted by molar-refractivity contribution is 9.10. The molecule has 0 heterocycles. The molecule has 3 nitrogen and oxygen atoms in total. The van der Waals surface area contributed by atoms with E-state index in [9.17, 15) is 18.0 Å². The summed E-state index contributed by atoms with van der Waals surface area (Å²) >= 11 is 3.18. The standard InChI is InChI=1S/C11H12BrF3N2OS/c12-8-2-4-9(5-3-8)17-10(18)16-6-1-7-19-11(13,14)15/h2-5H,1,6-7H2,(H2,16,17,18). The first-order valence-corrected chi connectivity index (χ1v) is 7.16. The van der Waals surface area contributed by atoms with Gasteiger partial charge in [-0.15, -0.1) is 0 Å². The third-order valence-electron chi connectivity index (χ3n) is 1.97. The molecule has 19 heavy (non-hydrogen) atoms. The molecule has 0 unspecified atom stereocenters. The molecule has 106 valence electrons. The lowest BCUT2D eigenvalue weighted by molar-refractivity contribution is -0.0327. The van der Waals surface area contributed by atoms with Crippen LogP contribution in [0, 0.1) is 0 Å². The Morgan fingerprint density at radius 2 is 1.89 bits per heavy atom. The Bertz CT molecular complexity index is 411. The van der Waals surface area contributed by atoms with E-state index in [2.05, 4.69) is 26.6 Å². The van der Waals surface area contributed by atoms with Crippen LogP contribution < -0.4 is 10.6 Å². The first-order valence-electron chi connectivity index (χ1n) is 5.38. The van der Waals surface area contributed by atoms with E-state index >= 15 is 0 Å². The van der Waals surface area contributed by atoms with Crippen molar-refractivity contribution < 1.29 is 18.0 Å². The van der Waals surface area contributed by atoms with Crippen LogP contribution in [0.2, 0.25) is 0 Å². The van der Waals surface area contributed by atoms with E-state index in [1.165, 1.54) is 0 Å². The van der Waals surface area contributed by atoms with Gasteiger partial charge in [-0.1, -0.05) is 27.7 Å². The van der Waals surface area contributed by atoms with Crippen molar-refractivity contribution in [3.63, 3.8) is 0 Å². The van der Waals surface area contributed by atoms with Gasteiger partial charge in [0.1, 0.15) is 0 Å². The van der Waals surface area contributed by atoms with E-state index in [4.69, 9.17) is 0 Å². The van der Waals surface area contributed by atoms with Crippen LogP contribution in [-0.4, -0.2) is 23.8 Å². The Labute approximate surface area is 121 Å². The molecule has 0 aliphatic carbocycles. The minimum atomic E-state index is -4.21. The number of hydrogen-bond acceptors (Lipinski definition) is 2. The maximum atomic E-state index is 11.8. The summed E-state index contributed by atoms with van der Waals surface area (Å²) < 4.78 is 36.4. The predicted molar refractivity (Wildman–Crippen MR) is 74.3 cm³/mol. The number of carbonyl (C=O) groups is 1. The predicted octanol–water partition coefficient (Wildman–Crippen LogP) is 4.21. The SMILES string of the molecule is O=C(NCCCSC(F)(F)F)Nc1ccc(Br)cc1. The summed E-state index contributed by atoms with van der Waals surface area (Å²) in [7, 11) is 0. The topological polar surface area (TPSA) is 41.1 Å². The van der Waals surface area contributed by atoms with E-state index in [-0.39, 0.29) is 30.5 Å². The molecule has 0 fully saturated rings. The van der Waals surface area contributed by atoms with Crippen molar-refractivity contribution >= 4 is 39.4 Å². The van der Waals surface area contributed by atoms with Gasteiger partial charge in [-0.3, -0.25) is 0 Å². The quantitative estimate of drug-likeness (QED) is 0.775. The number of benzene rings is 1. The van der Waals surface area contributed by atoms with Crippen molar-refractivity contribution in [1.82, 2.24) is 5.32 Å². The van der Waals surface area contributed by atoms with Gasteiger partial charge in [-0.05, 0) is 30.7 Å². The van der Waals surface area contributed by atoms with Gasteiger partial charge in [0.05, 0.1) is 0 Å². The molecule has 2 amide bonds. The molecule has 0 aliphatic rings. The fraction of sp³-hybridized carbons (Fsp3) is 0.364. The lowest BCUT2D eigenvalue weighted by Crippen LogP contribution is -2.29. The zero-order valence-electron chi connectivity index (χ0n) is 9.76. The molecule has 0 atom stereocenters. The van der Waals surface area contributed by atoms with E-state index in [0.717, 1.165) is 4.47 Å².